The van der Waals surface area contributed by atoms with Gasteiger partial charge in [-0.05, 0) is 42.2 Å². The van der Waals surface area contributed by atoms with E-state index in [-0.39, 0.29) is 29.9 Å². The molecule has 0 saturated carbocycles. The van der Waals surface area contributed by atoms with Crippen LogP contribution in [-0.4, -0.2) is 32.0 Å². The Hall–Kier alpha value is -1.80. The number of anilines is 1. The molecule has 0 radical (unpaired) electrons. The van der Waals surface area contributed by atoms with Crippen molar-refractivity contribution >= 4 is 53.1 Å². The van der Waals surface area contributed by atoms with Crippen molar-refractivity contribution in [3.8, 4) is 0 Å². The smallest absolute Gasteiger partial charge is 0.227 e. The molecule has 0 aromatic heterocycles. The van der Waals surface area contributed by atoms with Gasteiger partial charge in [0.25, 0.3) is 0 Å². The fourth-order valence-corrected chi connectivity index (χ4v) is 3.37. The predicted octanol–water partition coefficient (Wildman–Crippen LogP) is 3.99. The van der Waals surface area contributed by atoms with Gasteiger partial charge in [-0.3, -0.25) is 9.79 Å². The van der Waals surface area contributed by atoms with Crippen LogP contribution in [0.3, 0.4) is 0 Å². The van der Waals surface area contributed by atoms with E-state index >= 15 is 0 Å². The Bertz CT molecular complexity index is 810. The third-order valence-corrected chi connectivity index (χ3v) is 5.02. The average Bonchev–Trinajstić information content (AvgIpc) is 3.12. The molecule has 2 aromatic rings. The van der Waals surface area contributed by atoms with E-state index in [0.29, 0.717) is 13.0 Å². The van der Waals surface area contributed by atoms with Crippen molar-refractivity contribution in [2.24, 2.45) is 4.99 Å². The number of nitrogens with one attached hydrogen (secondary N) is 2. The number of hydrogen-bond acceptors (Lipinski definition) is 2. The zero-order chi connectivity index (χ0) is 19.1. The summed E-state index contributed by atoms with van der Waals surface area (Å²) in [6.45, 7) is 2.23. The van der Waals surface area contributed by atoms with Crippen molar-refractivity contribution in [3.63, 3.8) is 0 Å². The number of guanidine groups is 1. The van der Waals surface area contributed by atoms with E-state index < -0.39 is 0 Å². The number of hydrogen-bond donors (Lipinski definition) is 2. The molecule has 1 heterocycles. The number of nitrogens with zero attached hydrogens (tertiary/aromatic N) is 2. The van der Waals surface area contributed by atoms with Gasteiger partial charge in [0.2, 0.25) is 5.91 Å². The summed E-state index contributed by atoms with van der Waals surface area (Å²) in [6.07, 6.45) is 2.43. The SMILES string of the molecule is CN=C(NCCc1ccccc1Cl)NCc1ccc(N2CCCC2=O)cc1.I. The number of rotatable bonds is 6. The van der Waals surface area contributed by atoms with Gasteiger partial charge in [0.15, 0.2) is 5.96 Å². The third kappa shape index (κ3) is 6.10. The summed E-state index contributed by atoms with van der Waals surface area (Å²) in [6, 6.07) is 16.0. The molecule has 5 nitrogen and oxygen atoms in total. The van der Waals surface area contributed by atoms with Gasteiger partial charge in [-0.15, -0.1) is 24.0 Å². The van der Waals surface area contributed by atoms with Crippen LogP contribution < -0.4 is 15.5 Å². The van der Waals surface area contributed by atoms with Gasteiger partial charge in [-0.2, -0.15) is 0 Å². The van der Waals surface area contributed by atoms with Crippen molar-refractivity contribution in [3.05, 3.63) is 64.7 Å². The molecule has 0 bridgehead atoms. The van der Waals surface area contributed by atoms with Crippen molar-refractivity contribution in [2.45, 2.75) is 25.8 Å². The summed E-state index contributed by atoms with van der Waals surface area (Å²) >= 11 is 6.19. The topological polar surface area (TPSA) is 56.7 Å². The minimum absolute atomic E-state index is 0. The second-order valence-electron chi connectivity index (χ2n) is 6.51. The molecule has 0 spiro atoms. The van der Waals surface area contributed by atoms with Crippen LogP contribution in [0.4, 0.5) is 5.69 Å². The Morgan fingerprint density at radius 2 is 1.89 bits per heavy atom. The van der Waals surface area contributed by atoms with Gasteiger partial charge in [0.05, 0.1) is 0 Å². The molecule has 0 atom stereocenters. The highest BCUT2D eigenvalue weighted by atomic mass is 127. The first-order valence-corrected chi connectivity index (χ1v) is 9.62. The van der Waals surface area contributed by atoms with Gasteiger partial charge < -0.3 is 15.5 Å². The Kier molecular flexibility index (Phi) is 9.05. The number of halogens is 2. The minimum atomic E-state index is 0. The average molecular weight is 513 g/mol. The lowest BCUT2D eigenvalue weighted by Gasteiger charge is -2.16. The largest absolute Gasteiger partial charge is 0.356 e. The first-order chi connectivity index (χ1) is 13.2. The quantitative estimate of drug-likeness (QED) is 0.350. The molecule has 1 aliphatic heterocycles. The van der Waals surface area contributed by atoms with Crippen LogP contribution >= 0.6 is 35.6 Å². The van der Waals surface area contributed by atoms with Gasteiger partial charge >= 0.3 is 0 Å². The Morgan fingerprint density at radius 1 is 1.14 bits per heavy atom. The number of carbonyl (C=O) groups is 1. The molecule has 3 rings (SSSR count). The fourth-order valence-electron chi connectivity index (χ4n) is 3.14. The van der Waals surface area contributed by atoms with Gasteiger partial charge in [-0.1, -0.05) is 41.9 Å². The third-order valence-electron chi connectivity index (χ3n) is 4.65. The second-order valence-corrected chi connectivity index (χ2v) is 6.92. The molecular weight excluding hydrogens is 487 g/mol. The monoisotopic (exact) mass is 512 g/mol. The van der Waals surface area contributed by atoms with E-state index in [9.17, 15) is 4.79 Å². The predicted molar refractivity (Wildman–Crippen MR) is 127 cm³/mol. The molecule has 1 amide bonds. The molecule has 1 fully saturated rings. The summed E-state index contributed by atoms with van der Waals surface area (Å²) in [7, 11) is 1.76. The van der Waals surface area contributed by atoms with Crippen LogP contribution in [0.1, 0.15) is 24.0 Å². The normalized spacial score (nSPS) is 14.0. The van der Waals surface area contributed by atoms with Crippen LogP contribution in [-0.2, 0) is 17.8 Å². The maximum Gasteiger partial charge on any atom is 0.227 e. The van der Waals surface area contributed by atoms with Crippen LogP contribution in [0.2, 0.25) is 5.02 Å². The molecular formula is C21H26ClIN4O. The first-order valence-electron chi connectivity index (χ1n) is 9.24. The molecule has 150 valence electrons. The molecule has 28 heavy (non-hydrogen) atoms. The molecule has 1 saturated heterocycles. The van der Waals surface area contributed by atoms with Crippen LogP contribution in [0, 0.1) is 0 Å². The second kappa shape index (κ2) is 11.3. The van der Waals surface area contributed by atoms with Crippen LogP contribution in [0.25, 0.3) is 0 Å². The number of aliphatic imine (C=N–C) groups is 1. The summed E-state index contributed by atoms with van der Waals surface area (Å²) in [5.74, 6) is 0.963. The van der Waals surface area contributed by atoms with Crippen molar-refractivity contribution in [1.82, 2.24) is 10.6 Å². The molecule has 2 aromatic carbocycles. The van der Waals surface area contributed by atoms with E-state index in [0.717, 1.165) is 53.7 Å². The van der Waals surface area contributed by atoms with E-state index in [1.807, 2.05) is 53.4 Å². The van der Waals surface area contributed by atoms with Gasteiger partial charge in [0, 0.05) is 43.8 Å². The molecule has 0 unspecified atom stereocenters. The fraction of sp³-hybridized carbons (Fsp3) is 0.333. The zero-order valence-corrected chi connectivity index (χ0v) is 19.0. The van der Waals surface area contributed by atoms with Crippen molar-refractivity contribution in [1.29, 1.82) is 0 Å². The van der Waals surface area contributed by atoms with Crippen molar-refractivity contribution in [2.75, 3.05) is 25.0 Å². The van der Waals surface area contributed by atoms with E-state index in [2.05, 4.69) is 15.6 Å². The van der Waals surface area contributed by atoms with Crippen molar-refractivity contribution < 1.29 is 4.79 Å². The lowest BCUT2D eigenvalue weighted by atomic mass is 10.1. The van der Waals surface area contributed by atoms with Crippen LogP contribution in [0.5, 0.6) is 0 Å². The standard InChI is InChI=1S/C21H25ClN4O.HI/c1-23-21(24-13-12-17-5-2-3-6-19(17)22)25-15-16-8-10-18(11-9-16)26-14-4-7-20(26)27;/h2-3,5-6,8-11H,4,7,12-15H2,1H3,(H2,23,24,25);1H. The Labute approximate surface area is 188 Å². The zero-order valence-electron chi connectivity index (χ0n) is 16.0. The maximum absolute atomic E-state index is 11.8. The molecule has 2 N–H and O–H groups in total. The first kappa shape index (κ1) is 22.5. The summed E-state index contributed by atoms with van der Waals surface area (Å²) in [5, 5.41) is 7.40. The number of benzene rings is 2. The van der Waals surface area contributed by atoms with E-state index in [4.69, 9.17) is 11.6 Å². The van der Waals surface area contributed by atoms with E-state index in [1.165, 1.54) is 0 Å². The summed E-state index contributed by atoms with van der Waals surface area (Å²) in [5.41, 5.74) is 3.23. The summed E-state index contributed by atoms with van der Waals surface area (Å²) in [4.78, 5) is 17.9. The lowest BCUT2D eigenvalue weighted by molar-refractivity contribution is -0.117. The van der Waals surface area contributed by atoms with E-state index in [1.54, 1.807) is 7.05 Å². The lowest BCUT2D eigenvalue weighted by Crippen LogP contribution is -2.37. The minimum Gasteiger partial charge on any atom is -0.356 e. The van der Waals surface area contributed by atoms with Gasteiger partial charge in [0.1, 0.15) is 0 Å². The molecule has 1 aliphatic rings. The Morgan fingerprint density at radius 3 is 2.54 bits per heavy atom. The Balaban J connectivity index is 0.00000280. The molecule has 0 aliphatic carbocycles. The highest BCUT2D eigenvalue weighted by Gasteiger charge is 2.21. The highest BCUT2D eigenvalue weighted by Crippen LogP contribution is 2.21. The van der Waals surface area contributed by atoms with Crippen LogP contribution in [0.15, 0.2) is 53.5 Å². The highest BCUT2D eigenvalue weighted by molar-refractivity contribution is 14.0. The number of carbonyl (C=O) groups excluding carboxylic acids is 1. The number of amides is 1. The molecule has 7 heteroatoms. The maximum atomic E-state index is 11.8. The summed E-state index contributed by atoms with van der Waals surface area (Å²) < 4.78 is 0. The van der Waals surface area contributed by atoms with Gasteiger partial charge in [-0.25, -0.2) is 0 Å².